The summed E-state index contributed by atoms with van der Waals surface area (Å²) in [6, 6.07) is 14.6. The highest BCUT2D eigenvalue weighted by Crippen LogP contribution is 2.66. The van der Waals surface area contributed by atoms with Crippen LogP contribution in [0.4, 0.5) is 22.0 Å². The van der Waals surface area contributed by atoms with E-state index in [1.54, 1.807) is 0 Å². The zero-order valence-corrected chi connectivity index (χ0v) is 36.3. The number of aliphatic hydroxyl groups is 1. The number of benzene rings is 2. The lowest BCUT2D eigenvalue weighted by molar-refractivity contribution is -0.645. The van der Waals surface area contributed by atoms with E-state index in [0.29, 0.717) is 13.0 Å². The first-order chi connectivity index (χ1) is 29.1. The van der Waals surface area contributed by atoms with Crippen molar-refractivity contribution in [3.05, 3.63) is 55.1 Å². The normalized spacial score (nSPS) is 19.9. The minimum absolute atomic E-state index is 0.00879. The molecule has 25 nitrogen and oxygen atoms in total. The third-order valence-electron chi connectivity index (χ3n) is 9.49. The van der Waals surface area contributed by atoms with Gasteiger partial charge in [-0.25, -0.2) is 33.4 Å². The molecule has 28 heteroatoms. The maximum Gasteiger partial charge on any atom is 0.490 e. The molecule has 6 atom stereocenters. The Morgan fingerprint density at radius 3 is 2.13 bits per heavy atom. The highest BCUT2D eigenvalue weighted by Gasteiger charge is 2.49. The van der Waals surface area contributed by atoms with Gasteiger partial charge in [-0.05, 0) is 30.3 Å². The number of carbonyl (C=O) groups is 2. The van der Waals surface area contributed by atoms with Crippen LogP contribution in [0.1, 0.15) is 19.1 Å². The number of fused-ring (bicyclic) bond motifs is 3. The van der Waals surface area contributed by atoms with Gasteiger partial charge in [-0.2, -0.15) is 13.2 Å². The second kappa shape index (κ2) is 18.9. The Hall–Kier alpha value is -4.87. The molecule has 3 aromatic heterocycles. The number of alkyl carbamates (subject to hydrolysis) is 1. The molecule has 0 radical (unpaired) electrons. The highest BCUT2D eigenvalue weighted by atomic mass is 31.3. The molecular weight excluding hydrogens is 881 g/mol. The number of hydrogen-bond donors (Lipinski definition) is 8. The number of aromatic nitrogens is 5. The Morgan fingerprint density at radius 2 is 1.52 bits per heavy atom. The molecule has 2 unspecified atom stereocenters. The Morgan fingerprint density at radius 1 is 0.887 bits per heavy atom. The number of aryl methyl sites for hydroxylation is 1. The minimum Gasteiger partial charge on any atom is -0.439 e. The van der Waals surface area contributed by atoms with Gasteiger partial charge in [0.15, 0.2) is 23.8 Å². The molecule has 0 bridgehead atoms. The standard InChI is InChI=1S/C34H45N10O15P3/c1-41(2)22-9-7-20-14-21-8-10-23(42(3)4)16-25(21)43(24(20)15-22)13-5-6-27(45)36-11-12-37-34(47)57-30-29(46)26(17-55-61(51,52)59-62(53,54)58-60(48,49)50)56-33(30)44-19-40-28-31(35)38-18-39-32(28)44/h7-10,14-16,18-19,26,29-30,33,46H,5-6,11-13,17H2,1-4H3,(H7-,35,36,37,38,39,45,47,48,49,50,51,52,53,54)/p+1/t26-,29-,30-,33-/m1/s1. The number of hydrogen-bond acceptors (Lipinski definition) is 17. The number of ether oxygens (including phenoxy) is 2. The molecule has 1 aliphatic rings. The zero-order valence-electron chi connectivity index (χ0n) is 33.6. The monoisotopic (exact) mass is 927 g/mol. The molecule has 0 saturated carbocycles. The number of rotatable bonds is 18. The van der Waals surface area contributed by atoms with Gasteiger partial charge in [-0.15, -0.1) is 0 Å². The van der Waals surface area contributed by atoms with Crippen molar-refractivity contribution in [2.24, 2.45) is 0 Å². The van der Waals surface area contributed by atoms with Gasteiger partial charge in [0.25, 0.3) is 0 Å². The number of carbonyl (C=O) groups excluding carboxylic acids is 2. The van der Waals surface area contributed by atoms with Gasteiger partial charge < -0.3 is 60.3 Å². The van der Waals surface area contributed by atoms with E-state index < -0.39 is 60.7 Å². The lowest BCUT2D eigenvalue weighted by Gasteiger charge is -2.22. The van der Waals surface area contributed by atoms with Crippen LogP contribution in [0, 0.1) is 0 Å². The summed E-state index contributed by atoms with van der Waals surface area (Å²) < 4.78 is 61.9. The first kappa shape index (κ1) is 46.6. The summed E-state index contributed by atoms with van der Waals surface area (Å²) in [4.78, 5) is 79.1. The quantitative estimate of drug-likeness (QED) is 0.0267. The van der Waals surface area contributed by atoms with E-state index in [0.717, 1.165) is 39.5 Å². The smallest absolute Gasteiger partial charge is 0.439 e. The average molecular weight is 928 g/mol. The third-order valence-corrected chi connectivity index (χ3v) is 13.3. The topological polar surface area (TPSA) is 337 Å². The van der Waals surface area contributed by atoms with Gasteiger partial charge in [-0.1, -0.05) is 0 Å². The van der Waals surface area contributed by atoms with E-state index in [4.69, 9.17) is 25.0 Å². The fourth-order valence-electron chi connectivity index (χ4n) is 6.62. The maximum atomic E-state index is 13.0. The Balaban J connectivity index is 1.06. The molecule has 2 aromatic carbocycles. The number of imidazole rings is 1. The number of nitrogen functional groups attached to an aromatic ring is 1. The number of phosphoric ester groups is 1. The predicted molar refractivity (Wildman–Crippen MR) is 220 cm³/mol. The van der Waals surface area contributed by atoms with Crippen molar-refractivity contribution in [3.63, 3.8) is 0 Å². The molecule has 5 aromatic rings. The molecule has 1 saturated heterocycles. The van der Waals surface area contributed by atoms with Gasteiger partial charge in [0.1, 0.15) is 30.6 Å². The molecule has 1 fully saturated rings. The number of nitrogens with one attached hydrogen (secondary N) is 2. The summed E-state index contributed by atoms with van der Waals surface area (Å²) in [6.45, 7) is -0.619. The zero-order chi connectivity index (χ0) is 45.1. The Labute approximate surface area is 352 Å². The summed E-state index contributed by atoms with van der Waals surface area (Å²) in [5, 5.41) is 18.5. The number of nitrogens with two attached hydrogens (primary N) is 1. The van der Waals surface area contributed by atoms with E-state index in [2.05, 4.69) is 85.8 Å². The predicted octanol–water partition coefficient (Wildman–Crippen LogP) is 1.43. The molecule has 2 amide bonds. The lowest BCUT2D eigenvalue weighted by atomic mass is 10.1. The second-order valence-corrected chi connectivity index (χ2v) is 18.8. The van der Waals surface area contributed by atoms with Crippen molar-refractivity contribution in [1.29, 1.82) is 0 Å². The van der Waals surface area contributed by atoms with E-state index in [1.165, 1.54) is 10.9 Å². The van der Waals surface area contributed by atoms with Crippen LogP contribution in [0.15, 0.2) is 55.1 Å². The summed E-state index contributed by atoms with van der Waals surface area (Å²) >= 11 is 0. The van der Waals surface area contributed by atoms with Gasteiger partial charge >= 0.3 is 29.6 Å². The SMILES string of the molecule is CN(C)c1ccc2cc3ccc(N(C)C)cc3[n+](CCCC(=O)NCCNC(=O)O[C@@H]3[C@H](O)[C@@H](COP(=O)(O)OP(=O)(O)OP(=O)(O)O)O[C@H]3n3cnc4c(N)ncnc43)c2c1. The van der Waals surface area contributed by atoms with Crippen LogP contribution < -0.4 is 30.7 Å². The van der Waals surface area contributed by atoms with Crippen molar-refractivity contribution >= 4 is 85.6 Å². The fourth-order valence-corrected chi connectivity index (χ4v) is 9.65. The first-order valence-corrected chi connectivity index (χ1v) is 23.1. The van der Waals surface area contributed by atoms with Crippen LogP contribution in [0.3, 0.4) is 0 Å². The van der Waals surface area contributed by atoms with Crippen LogP contribution >= 0.6 is 23.5 Å². The fraction of sp³-hybridized carbons (Fsp3) is 0.412. The van der Waals surface area contributed by atoms with E-state index >= 15 is 0 Å². The third kappa shape index (κ3) is 11.4. The number of pyridine rings is 1. The van der Waals surface area contributed by atoms with Crippen molar-refractivity contribution < 1.29 is 75.2 Å². The summed E-state index contributed by atoms with van der Waals surface area (Å²) in [7, 11) is -9.22. The Kier molecular flexibility index (Phi) is 14.2. The molecule has 4 heterocycles. The maximum absolute atomic E-state index is 13.0. The van der Waals surface area contributed by atoms with Crippen LogP contribution in [-0.2, 0) is 47.7 Å². The second-order valence-electron chi connectivity index (χ2n) is 14.3. The molecule has 62 heavy (non-hydrogen) atoms. The van der Waals surface area contributed by atoms with E-state index in [1.807, 2.05) is 38.0 Å². The van der Waals surface area contributed by atoms with E-state index in [-0.39, 0.29) is 42.4 Å². The van der Waals surface area contributed by atoms with Crippen molar-refractivity contribution in [2.75, 3.05) is 63.4 Å². The largest absolute Gasteiger partial charge is 0.490 e. The van der Waals surface area contributed by atoms with Gasteiger partial charge in [0.05, 0.1) is 12.9 Å². The molecule has 1 aliphatic heterocycles. The lowest BCUT2D eigenvalue weighted by Crippen LogP contribution is -2.41. The number of nitrogens with zero attached hydrogens (tertiary/aromatic N) is 7. The number of anilines is 3. The van der Waals surface area contributed by atoms with Gasteiger partial charge in [0, 0.05) is 88.4 Å². The number of aliphatic hydroxyl groups excluding tert-OH is 1. The first-order valence-electron chi connectivity index (χ1n) is 18.6. The molecule has 6 rings (SSSR count). The molecule has 0 aliphatic carbocycles. The summed E-state index contributed by atoms with van der Waals surface area (Å²) in [5.74, 6) is -0.285. The van der Waals surface area contributed by atoms with Crippen LogP contribution in [0.2, 0.25) is 0 Å². The molecular formula is C34H46N10O15P3+. The minimum atomic E-state index is -5.84. The average Bonchev–Trinajstić information content (AvgIpc) is 3.74. The van der Waals surface area contributed by atoms with Crippen LogP contribution in [0.25, 0.3) is 33.0 Å². The highest BCUT2D eigenvalue weighted by molar-refractivity contribution is 7.66. The van der Waals surface area contributed by atoms with Crippen molar-refractivity contribution in [3.8, 4) is 0 Å². The molecule has 9 N–H and O–H groups in total. The number of amides is 2. The van der Waals surface area contributed by atoms with Gasteiger partial charge in [0.2, 0.25) is 16.9 Å². The van der Waals surface area contributed by atoms with Crippen LogP contribution in [-0.4, -0.2) is 122 Å². The van der Waals surface area contributed by atoms with Crippen LogP contribution in [0.5, 0.6) is 0 Å². The summed E-state index contributed by atoms with van der Waals surface area (Å²) in [6.07, 6.45) is -4.58. The Bertz CT molecular complexity index is 2550. The van der Waals surface area contributed by atoms with Crippen molar-refractivity contribution in [1.82, 2.24) is 30.2 Å². The molecule has 336 valence electrons. The summed E-state index contributed by atoms with van der Waals surface area (Å²) in [5.41, 5.74) is 10.2. The number of phosphoric acid groups is 3. The van der Waals surface area contributed by atoms with Crippen molar-refractivity contribution in [2.45, 2.75) is 43.9 Å². The van der Waals surface area contributed by atoms with E-state index in [9.17, 15) is 38.2 Å². The molecule has 0 spiro atoms. The van der Waals surface area contributed by atoms with Gasteiger partial charge in [-0.3, -0.25) is 13.9 Å².